The van der Waals surface area contributed by atoms with Crippen LogP contribution in [0.1, 0.15) is 35.7 Å². The van der Waals surface area contributed by atoms with Crippen molar-refractivity contribution >= 4 is 68.5 Å². The first-order chi connectivity index (χ1) is 18.1. The van der Waals surface area contributed by atoms with E-state index in [2.05, 4.69) is 10.1 Å². The van der Waals surface area contributed by atoms with E-state index >= 15 is 0 Å². The Kier molecular flexibility index (Phi) is 8.58. The van der Waals surface area contributed by atoms with E-state index in [1.165, 1.54) is 42.5 Å². The number of anilines is 1. The van der Waals surface area contributed by atoms with Crippen molar-refractivity contribution in [1.29, 1.82) is 0 Å². The van der Waals surface area contributed by atoms with Gasteiger partial charge >= 0.3 is 5.97 Å². The van der Waals surface area contributed by atoms with Gasteiger partial charge in [-0.1, -0.05) is 35.1 Å². The molecule has 2 aromatic rings. The summed E-state index contributed by atoms with van der Waals surface area (Å²) in [7, 11) is 1.31. The number of β-lactam (4-membered cyclic amide) rings is 1. The lowest BCUT2D eigenvalue weighted by Crippen LogP contribution is -2.62. The molecular weight excluding hydrogens is 548 g/mol. The molecule has 2 aliphatic heterocycles. The third-order valence-electron chi connectivity index (χ3n) is 6.24. The van der Waals surface area contributed by atoms with Gasteiger partial charge in [0.25, 0.3) is 0 Å². The summed E-state index contributed by atoms with van der Waals surface area (Å²) in [5.41, 5.74) is 9.45. The highest BCUT2D eigenvalue weighted by molar-refractivity contribution is 8.12. The number of Topliss-reactive ketones (excluding diaryl/α,β-unsaturated/α-hetero) is 1. The molecule has 0 spiro atoms. The maximum absolute atomic E-state index is 13.2. The van der Waals surface area contributed by atoms with Crippen LogP contribution in [-0.4, -0.2) is 61.7 Å². The van der Waals surface area contributed by atoms with Gasteiger partial charge in [-0.05, 0) is 35.6 Å². The second-order valence-electron chi connectivity index (χ2n) is 8.81. The number of carboxylic acid groups (broad SMARTS) is 1. The van der Waals surface area contributed by atoms with Gasteiger partial charge in [0.2, 0.25) is 5.91 Å². The zero-order valence-electron chi connectivity index (χ0n) is 20.9. The summed E-state index contributed by atoms with van der Waals surface area (Å²) < 4.78 is 0. The van der Waals surface area contributed by atoms with E-state index in [4.69, 9.17) is 10.6 Å². The van der Waals surface area contributed by atoms with E-state index < -0.39 is 29.0 Å². The number of hydrogen-bond donors (Lipinski definition) is 2. The zero-order chi connectivity index (χ0) is 27.6. The number of thioether (sulfide) groups is 2. The highest BCUT2D eigenvalue weighted by Crippen LogP contribution is 2.46. The van der Waals surface area contributed by atoms with Gasteiger partial charge in [0.1, 0.15) is 18.5 Å². The lowest BCUT2D eigenvalue weighted by Gasteiger charge is -2.49. The van der Waals surface area contributed by atoms with Crippen molar-refractivity contribution in [2.45, 2.75) is 37.8 Å². The first-order valence-corrected chi connectivity index (χ1v) is 14.5. The van der Waals surface area contributed by atoms with Crippen LogP contribution in [-0.2, 0) is 36.2 Å². The van der Waals surface area contributed by atoms with Gasteiger partial charge in [-0.3, -0.25) is 19.3 Å². The molecule has 13 heteroatoms. The summed E-state index contributed by atoms with van der Waals surface area (Å²) in [6.07, 6.45) is 0.221. The maximum Gasteiger partial charge on any atom is 0.352 e. The van der Waals surface area contributed by atoms with Crippen molar-refractivity contribution < 1.29 is 29.1 Å². The van der Waals surface area contributed by atoms with Gasteiger partial charge < -0.3 is 15.7 Å². The SMILES string of the molecule is CO/N=C(\C(=O)C[C@@H]1C(=O)N2C(C(=O)O)=C(Cc3cc(CSC(C)=O)ccc3C)CS[C@H]12)c1csc(N)n1. The molecule has 3 N–H and O–H groups in total. The monoisotopic (exact) mass is 574 g/mol. The Morgan fingerprint density at radius 1 is 1.34 bits per heavy atom. The van der Waals surface area contributed by atoms with Crippen molar-refractivity contribution in [2.24, 2.45) is 11.1 Å². The Morgan fingerprint density at radius 3 is 2.74 bits per heavy atom. The summed E-state index contributed by atoms with van der Waals surface area (Å²) >= 11 is 3.81. The number of benzene rings is 1. The Bertz CT molecular complexity index is 1370. The number of nitrogens with zero attached hydrogens (tertiary/aromatic N) is 3. The van der Waals surface area contributed by atoms with Crippen LogP contribution < -0.4 is 5.73 Å². The lowest BCUT2D eigenvalue weighted by molar-refractivity contribution is -0.153. The van der Waals surface area contributed by atoms with E-state index in [-0.39, 0.29) is 33.8 Å². The molecule has 2 atom stereocenters. The van der Waals surface area contributed by atoms with Crippen LogP contribution in [0, 0.1) is 12.8 Å². The van der Waals surface area contributed by atoms with Gasteiger partial charge in [0.15, 0.2) is 21.7 Å². The van der Waals surface area contributed by atoms with E-state index in [1.807, 2.05) is 25.1 Å². The van der Waals surface area contributed by atoms with Gasteiger partial charge in [-0.15, -0.1) is 23.1 Å². The predicted molar refractivity (Wildman–Crippen MR) is 148 cm³/mol. The highest BCUT2D eigenvalue weighted by Gasteiger charge is 2.54. The fraction of sp³-hybridized carbons (Fsp3) is 0.360. The molecule has 38 heavy (non-hydrogen) atoms. The average Bonchev–Trinajstić information content (AvgIpc) is 3.31. The third kappa shape index (κ3) is 5.79. The van der Waals surface area contributed by atoms with Crippen molar-refractivity contribution in [2.75, 3.05) is 18.6 Å². The molecular formula is C25H26N4O6S3. The fourth-order valence-electron chi connectivity index (χ4n) is 4.40. The predicted octanol–water partition coefficient (Wildman–Crippen LogP) is 3.24. The number of aryl methyl sites for hydroxylation is 1. The second-order valence-corrected chi connectivity index (χ2v) is 12.0. The molecule has 200 valence electrons. The summed E-state index contributed by atoms with van der Waals surface area (Å²) in [5.74, 6) is -1.76. The molecule has 10 nitrogen and oxygen atoms in total. The minimum Gasteiger partial charge on any atom is -0.477 e. The normalized spacial score (nSPS) is 19.2. The molecule has 0 aliphatic carbocycles. The van der Waals surface area contributed by atoms with E-state index in [9.17, 15) is 24.3 Å². The number of carboxylic acids is 1. The number of hydrogen-bond acceptors (Lipinski definition) is 11. The lowest BCUT2D eigenvalue weighted by atomic mass is 9.88. The van der Waals surface area contributed by atoms with Crippen LogP contribution in [0.5, 0.6) is 0 Å². The fourth-order valence-corrected chi connectivity index (χ4v) is 6.91. The number of amides is 1. The Morgan fingerprint density at radius 2 is 2.11 bits per heavy atom. The summed E-state index contributed by atoms with van der Waals surface area (Å²) in [6.45, 7) is 3.47. The Hall–Kier alpha value is -3.16. The maximum atomic E-state index is 13.2. The molecule has 1 amide bonds. The van der Waals surface area contributed by atoms with Crippen LogP contribution in [0.2, 0.25) is 0 Å². The number of thiazole rings is 1. The van der Waals surface area contributed by atoms with E-state index in [0.717, 1.165) is 28.0 Å². The first kappa shape index (κ1) is 27.9. The number of nitrogens with two attached hydrogens (primary N) is 1. The molecule has 0 bridgehead atoms. The summed E-state index contributed by atoms with van der Waals surface area (Å²) in [5, 5.41) is 15.3. The van der Waals surface area contributed by atoms with Crippen molar-refractivity contribution in [3.05, 3.63) is 57.2 Å². The molecule has 3 heterocycles. The van der Waals surface area contributed by atoms with E-state index in [0.29, 0.717) is 23.5 Å². The van der Waals surface area contributed by atoms with E-state index in [1.54, 1.807) is 5.38 Å². The number of nitrogen functional groups attached to an aromatic ring is 1. The average molecular weight is 575 g/mol. The molecule has 1 fully saturated rings. The molecule has 0 radical (unpaired) electrons. The first-order valence-electron chi connectivity index (χ1n) is 11.6. The van der Waals surface area contributed by atoms with Crippen molar-refractivity contribution in [3.8, 4) is 0 Å². The topological polar surface area (TPSA) is 152 Å². The second kappa shape index (κ2) is 11.7. The number of fused-ring (bicyclic) bond motifs is 1. The van der Waals surface area contributed by atoms with Crippen LogP contribution in [0.25, 0.3) is 0 Å². The molecule has 0 unspecified atom stereocenters. The number of carbonyl (C=O) groups is 4. The van der Waals surface area contributed by atoms with Crippen molar-refractivity contribution in [3.63, 3.8) is 0 Å². The van der Waals surface area contributed by atoms with Crippen LogP contribution in [0.15, 0.2) is 40.0 Å². The minimum atomic E-state index is -1.18. The number of aliphatic carboxylic acids is 1. The van der Waals surface area contributed by atoms with Gasteiger partial charge in [-0.2, -0.15) is 0 Å². The van der Waals surface area contributed by atoms with Crippen LogP contribution in [0.4, 0.5) is 5.13 Å². The number of rotatable bonds is 10. The van der Waals surface area contributed by atoms with Gasteiger partial charge in [-0.25, -0.2) is 9.78 Å². The largest absolute Gasteiger partial charge is 0.477 e. The molecule has 0 saturated carbocycles. The molecule has 1 aromatic carbocycles. The minimum absolute atomic E-state index is 0.0246. The zero-order valence-corrected chi connectivity index (χ0v) is 23.4. The quantitative estimate of drug-likeness (QED) is 0.246. The number of ketones is 1. The van der Waals surface area contributed by atoms with Crippen LogP contribution >= 0.6 is 34.9 Å². The smallest absolute Gasteiger partial charge is 0.352 e. The Labute approximate surface area is 231 Å². The summed E-state index contributed by atoms with van der Waals surface area (Å²) in [4.78, 5) is 60.0. The number of carbonyl (C=O) groups excluding carboxylic acids is 3. The highest BCUT2D eigenvalue weighted by atomic mass is 32.2. The third-order valence-corrected chi connectivity index (χ3v) is 9.19. The van der Waals surface area contributed by atoms with Gasteiger partial charge in [0, 0.05) is 30.2 Å². The summed E-state index contributed by atoms with van der Waals surface area (Å²) in [6, 6.07) is 5.89. The standard InChI is InChI=1S/C25H26N4O6S3/c1-12-4-5-14(9-36-13(2)30)6-15(12)7-16-10-37-23-17(22(32)29(23)21(16)24(33)34)8-19(31)20(28-35-3)18-11-38-25(26)27-18/h4-6,11,17,23H,7-10H2,1-3H3,(H2,26,27)(H,33,34)/b28-20-/t17-,23-/m1/s1. The molecule has 2 aliphatic rings. The molecule has 1 saturated heterocycles. The molecule has 4 rings (SSSR count). The number of aromatic nitrogens is 1. The number of oxime groups is 1. The molecule has 1 aromatic heterocycles. The van der Waals surface area contributed by atoms with Crippen LogP contribution in [0.3, 0.4) is 0 Å². The van der Waals surface area contributed by atoms with Crippen molar-refractivity contribution in [1.82, 2.24) is 9.88 Å². The Balaban J connectivity index is 1.53. The van der Waals surface area contributed by atoms with Gasteiger partial charge in [0.05, 0.1) is 11.3 Å².